The molecule has 0 aliphatic carbocycles. The topological polar surface area (TPSA) is 33.7 Å². The minimum Gasteiger partial charge on any atom is -0.493 e. The number of hydrogen-bond acceptors (Lipinski definition) is 4. The molecule has 22 heavy (non-hydrogen) atoms. The van der Waals surface area contributed by atoms with Crippen LogP contribution < -0.4 is 14.8 Å². The van der Waals surface area contributed by atoms with Crippen LogP contribution in [0.2, 0.25) is 5.02 Å². The Kier molecular flexibility index (Phi) is 6.21. The molecule has 0 spiro atoms. The molecule has 3 rings (SSSR count). The van der Waals surface area contributed by atoms with Crippen LogP contribution in [0.15, 0.2) is 12.1 Å². The van der Waals surface area contributed by atoms with E-state index in [4.69, 9.17) is 21.1 Å². The van der Waals surface area contributed by atoms with Crippen LogP contribution in [0, 0.1) is 5.92 Å². The van der Waals surface area contributed by atoms with E-state index in [1.165, 1.54) is 19.4 Å². The van der Waals surface area contributed by atoms with Gasteiger partial charge in [0.15, 0.2) is 11.5 Å². The molecular weight excluding hydrogens is 323 g/mol. The standard InChI is InChI=1S/C16H23ClN2O2.ClH/c1-20-14-4-3-12(15(17)16(14)21-2)10-19-8-6-13-11(9-19)5-7-18-13;/h3-4,11,13,18H,5-10H2,1-2H3;1H. The van der Waals surface area contributed by atoms with Crippen LogP contribution >= 0.6 is 24.0 Å². The maximum atomic E-state index is 6.48. The first-order valence-electron chi connectivity index (χ1n) is 7.58. The van der Waals surface area contributed by atoms with Crippen molar-refractivity contribution in [3.63, 3.8) is 0 Å². The third-order valence-electron chi connectivity index (χ3n) is 4.70. The average Bonchev–Trinajstić information content (AvgIpc) is 2.96. The van der Waals surface area contributed by atoms with Gasteiger partial charge in [0.25, 0.3) is 0 Å². The molecule has 124 valence electrons. The zero-order valence-electron chi connectivity index (χ0n) is 13.1. The van der Waals surface area contributed by atoms with E-state index in [2.05, 4.69) is 10.2 Å². The Morgan fingerprint density at radius 2 is 2.09 bits per heavy atom. The van der Waals surface area contributed by atoms with Gasteiger partial charge >= 0.3 is 0 Å². The smallest absolute Gasteiger partial charge is 0.179 e. The highest BCUT2D eigenvalue weighted by Gasteiger charge is 2.32. The number of piperidine rings is 1. The molecule has 1 N–H and O–H groups in total. The summed E-state index contributed by atoms with van der Waals surface area (Å²) < 4.78 is 10.7. The van der Waals surface area contributed by atoms with Crippen molar-refractivity contribution in [1.29, 1.82) is 0 Å². The average molecular weight is 347 g/mol. The number of fused-ring (bicyclic) bond motifs is 1. The van der Waals surface area contributed by atoms with E-state index in [0.717, 1.165) is 37.2 Å². The first-order chi connectivity index (χ1) is 10.2. The van der Waals surface area contributed by atoms with E-state index < -0.39 is 0 Å². The van der Waals surface area contributed by atoms with Gasteiger partial charge in [-0.2, -0.15) is 0 Å². The largest absolute Gasteiger partial charge is 0.493 e. The van der Waals surface area contributed by atoms with Crippen molar-refractivity contribution in [3.05, 3.63) is 22.7 Å². The molecule has 2 saturated heterocycles. The van der Waals surface area contributed by atoms with Crippen LogP contribution in [0.4, 0.5) is 0 Å². The van der Waals surface area contributed by atoms with Gasteiger partial charge in [0.2, 0.25) is 0 Å². The van der Waals surface area contributed by atoms with Crippen LogP contribution in [0.25, 0.3) is 0 Å². The maximum Gasteiger partial charge on any atom is 0.179 e. The first-order valence-corrected chi connectivity index (χ1v) is 7.95. The third kappa shape index (κ3) is 3.46. The number of hydrogen-bond donors (Lipinski definition) is 1. The van der Waals surface area contributed by atoms with Crippen LogP contribution in [-0.2, 0) is 6.54 Å². The lowest BCUT2D eigenvalue weighted by molar-refractivity contribution is 0.156. The Bertz CT molecular complexity index is 513. The summed E-state index contributed by atoms with van der Waals surface area (Å²) in [6, 6.07) is 4.70. The lowest BCUT2D eigenvalue weighted by Gasteiger charge is -2.35. The normalized spacial score (nSPS) is 24.5. The quantitative estimate of drug-likeness (QED) is 0.908. The minimum absolute atomic E-state index is 0. The molecule has 2 aliphatic heterocycles. The molecule has 2 atom stereocenters. The number of likely N-dealkylation sites (tertiary alicyclic amines) is 1. The summed E-state index contributed by atoms with van der Waals surface area (Å²) >= 11 is 6.48. The molecule has 1 aromatic carbocycles. The van der Waals surface area contributed by atoms with Gasteiger partial charge in [-0.15, -0.1) is 12.4 Å². The summed E-state index contributed by atoms with van der Waals surface area (Å²) in [6.07, 6.45) is 2.52. The van der Waals surface area contributed by atoms with Crippen molar-refractivity contribution in [3.8, 4) is 11.5 Å². The highest BCUT2D eigenvalue weighted by atomic mass is 35.5. The number of methoxy groups -OCH3 is 2. The van der Waals surface area contributed by atoms with E-state index in [0.29, 0.717) is 16.5 Å². The van der Waals surface area contributed by atoms with Gasteiger partial charge in [-0.25, -0.2) is 0 Å². The molecule has 0 aromatic heterocycles. The highest BCUT2D eigenvalue weighted by molar-refractivity contribution is 6.33. The van der Waals surface area contributed by atoms with E-state index in [9.17, 15) is 0 Å². The Morgan fingerprint density at radius 1 is 1.27 bits per heavy atom. The molecule has 0 saturated carbocycles. The molecule has 2 fully saturated rings. The van der Waals surface area contributed by atoms with E-state index in [1.807, 2.05) is 12.1 Å². The number of nitrogens with zero attached hydrogens (tertiary/aromatic N) is 1. The molecule has 0 amide bonds. The predicted octanol–water partition coefficient (Wildman–Crippen LogP) is 2.96. The number of halogens is 2. The molecule has 1 aromatic rings. The van der Waals surface area contributed by atoms with Crippen molar-refractivity contribution >= 4 is 24.0 Å². The second-order valence-corrected chi connectivity index (χ2v) is 6.29. The van der Waals surface area contributed by atoms with Crippen LogP contribution in [0.3, 0.4) is 0 Å². The van der Waals surface area contributed by atoms with E-state index >= 15 is 0 Å². The summed E-state index contributed by atoms with van der Waals surface area (Å²) in [5.41, 5.74) is 1.11. The third-order valence-corrected chi connectivity index (χ3v) is 5.11. The highest BCUT2D eigenvalue weighted by Crippen LogP contribution is 2.38. The van der Waals surface area contributed by atoms with Crippen molar-refractivity contribution < 1.29 is 9.47 Å². The summed E-state index contributed by atoms with van der Waals surface area (Å²) in [7, 11) is 3.26. The number of benzene rings is 1. The van der Waals surface area contributed by atoms with E-state index in [-0.39, 0.29) is 12.4 Å². The zero-order chi connectivity index (χ0) is 14.8. The minimum atomic E-state index is 0. The second kappa shape index (κ2) is 7.73. The SMILES string of the molecule is COc1ccc(CN2CCC3NCCC3C2)c(Cl)c1OC.Cl. The van der Waals surface area contributed by atoms with Gasteiger partial charge in [0.05, 0.1) is 19.2 Å². The van der Waals surface area contributed by atoms with E-state index in [1.54, 1.807) is 14.2 Å². The second-order valence-electron chi connectivity index (χ2n) is 5.91. The van der Waals surface area contributed by atoms with Crippen LogP contribution in [0.5, 0.6) is 11.5 Å². The molecule has 4 nitrogen and oxygen atoms in total. The fourth-order valence-electron chi connectivity index (χ4n) is 3.56. The molecular formula is C16H24Cl2N2O2. The van der Waals surface area contributed by atoms with Gasteiger partial charge < -0.3 is 14.8 Å². The molecule has 2 heterocycles. The maximum absolute atomic E-state index is 6.48. The van der Waals surface area contributed by atoms with Gasteiger partial charge in [-0.3, -0.25) is 4.90 Å². The van der Waals surface area contributed by atoms with Crippen LogP contribution in [0.1, 0.15) is 18.4 Å². The fourth-order valence-corrected chi connectivity index (χ4v) is 3.85. The van der Waals surface area contributed by atoms with Gasteiger partial charge in [0, 0.05) is 19.1 Å². The van der Waals surface area contributed by atoms with Crippen molar-refractivity contribution in [1.82, 2.24) is 10.2 Å². The Labute approximate surface area is 143 Å². The van der Waals surface area contributed by atoms with Crippen LogP contribution in [-0.4, -0.2) is 44.8 Å². The lowest BCUT2D eigenvalue weighted by atomic mass is 9.93. The summed E-state index contributed by atoms with van der Waals surface area (Å²) in [5, 5.41) is 4.27. The zero-order valence-corrected chi connectivity index (χ0v) is 14.7. The Balaban J connectivity index is 0.00000176. The van der Waals surface area contributed by atoms with Gasteiger partial charge in [-0.1, -0.05) is 17.7 Å². The summed E-state index contributed by atoms with van der Waals surface area (Å²) in [5.74, 6) is 2.11. The summed E-state index contributed by atoms with van der Waals surface area (Å²) in [4.78, 5) is 2.50. The molecule has 2 unspecified atom stereocenters. The Hall–Kier alpha value is -0.680. The lowest BCUT2D eigenvalue weighted by Crippen LogP contribution is -2.43. The number of ether oxygens (including phenoxy) is 2. The molecule has 2 aliphatic rings. The van der Waals surface area contributed by atoms with Crippen molar-refractivity contribution in [2.75, 3.05) is 33.9 Å². The van der Waals surface area contributed by atoms with Crippen molar-refractivity contribution in [2.45, 2.75) is 25.4 Å². The molecule has 0 radical (unpaired) electrons. The molecule has 0 bridgehead atoms. The Morgan fingerprint density at radius 3 is 2.82 bits per heavy atom. The predicted molar refractivity (Wildman–Crippen MR) is 91.6 cm³/mol. The monoisotopic (exact) mass is 346 g/mol. The number of rotatable bonds is 4. The fraction of sp³-hybridized carbons (Fsp3) is 0.625. The van der Waals surface area contributed by atoms with Crippen molar-refractivity contribution in [2.24, 2.45) is 5.92 Å². The van der Waals surface area contributed by atoms with Gasteiger partial charge in [0.1, 0.15) is 0 Å². The summed E-state index contributed by atoms with van der Waals surface area (Å²) in [6.45, 7) is 4.32. The first kappa shape index (κ1) is 17.7. The molecule has 6 heteroatoms. The van der Waals surface area contributed by atoms with Gasteiger partial charge in [-0.05, 0) is 43.5 Å². The number of nitrogens with one attached hydrogen (secondary N) is 1.